The Labute approximate surface area is 152 Å². The number of nitrogens with one attached hydrogen (secondary N) is 1. The first-order chi connectivity index (χ1) is 12.1. The van der Waals surface area contributed by atoms with Gasteiger partial charge in [0.2, 0.25) is 5.91 Å². The fraction of sp³-hybridized carbons (Fsp3) is 0.143. The van der Waals surface area contributed by atoms with E-state index < -0.39 is 0 Å². The molecule has 1 aromatic heterocycles. The molecule has 3 aromatic rings. The van der Waals surface area contributed by atoms with Gasteiger partial charge in [-0.25, -0.2) is 4.98 Å². The van der Waals surface area contributed by atoms with Crippen LogP contribution in [0.2, 0.25) is 0 Å². The van der Waals surface area contributed by atoms with Crippen LogP contribution < -0.4 is 5.32 Å². The highest BCUT2D eigenvalue weighted by Gasteiger charge is 2.22. The van der Waals surface area contributed by atoms with E-state index in [0.29, 0.717) is 0 Å². The van der Waals surface area contributed by atoms with Crippen LogP contribution in [0.4, 0.5) is 5.69 Å². The fourth-order valence-corrected chi connectivity index (χ4v) is 3.35. The van der Waals surface area contributed by atoms with Gasteiger partial charge in [-0.05, 0) is 43.2 Å². The van der Waals surface area contributed by atoms with E-state index >= 15 is 0 Å². The van der Waals surface area contributed by atoms with Gasteiger partial charge < -0.3 is 5.32 Å². The molecular formula is C21H20N2OS. The quantitative estimate of drug-likeness (QED) is 0.647. The van der Waals surface area contributed by atoms with Crippen LogP contribution in [0.15, 0.2) is 78.0 Å². The number of benzene rings is 2. The molecule has 25 heavy (non-hydrogen) atoms. The predicted octanol–water partition coefficient (Wildman–Crippen LogP) is 5.17. The third-order valence-corrected chi connectivity index (χ3v) is 4.99. The number of rotatable bonds is 5. The molecule has 0 aliphatic rings. The molecule has 3 nitrogen and oxygen atoms in total. The van der Waals surface area contributed by atoms with Gasteiger partial charge in [-0.1, -0.05) is 65.9 Å². The summed E-state index contributed by atoms with van der Waals surface area (Å²) >= 11 is 1.46. The minimum atomic E-state index is -0.363. The lowest BCUT2D eigenvalue weighted by Gasteiger charge is -2.17. The van der Waals surface area contributed by atoms with Crippen molar-refractivity contribution in [3.8, 4) is 0 Å². The normalized spacial score (nSPS) is 11.8. The zero-order valence-corrected chi connectivity index (χ0v) is 15.1. The molecule has 0 bridgehead atoms. The Bertz CT molecular complexity index is 830. The topological polar surface area (TPSA) is 42.0 Å². The average Bonchev–Trinajstić information content (AvgIpc) is 2.64. The van der Waals surface area contributed by atoms with Crippen LogP contribution >= 0.6 is 11.8 Å². The molecular weight excluding hydrogens is 328 g/mol. The summed E-state index contributed by atoms with van der Waals surface area (Å²) in [6.07, 6.45) is 1.82. The number of carbonyl (C=O) groups excluding carboxylic acids is 1. The molecule has 1 heterocycles. The van der Waals surface area contributed by atoms with Crippen molar-refractivity contribution in [3.05, 3.63) is 89.6 Å². The van der Waals surface area contributed by atoms with Crippen LogP contribution in [0.1, 0.15) is 21.9 Å². The van der Waals surface area contributed by atoms with Gasteiger partial charge in [-0.3, -0.25) is 4.79 Å². The molecule has 0 aliphatic carbocycles. The SMILES string of the molecule is Cc1ccc(NC(=O)C(Sc2ccc(C)cn2)c2ccccc2)cc1. The summed E-state index contributed by atoms with van der Waals surface area (Å²) < 4.78 is 0. The molecule has 1 amide bonds. The molecule has 3 rings (SSSR count). The van der Waals surface area contributed by atoms with E-state index in [2.05, 4.69) is 10.3 Å². The summed E-state index contributed by atoms with van der Waals surface area (Å²) in [6.45, 7) is 4.03. The number of thioether (sulfide) groups is 1. The molecule has 0 aliphatic heterocycles. The summed E-state index contributed by atoms with van der Waals surface area (Å²) in [5.74, 6) is -0.0533. The summed E-state index contributed by atoms with van der Waals surface area (Å²) in [7, 11) is 0. The van der Waals surface area contributed by atoms with Gasteiger partial charge in [0.15, 0.2) is 0 Å². The Kier molecular flexibility index (Phi) is 5.51. The zero-order chi connectivity index (χ0) is 17.6. The summed E-state index contributed by atoms with van der Waals surface area (Å²) in [5.41, 5.74) is 4.02. The van der Waals surface area contributed by atoms with Crippen molar-refractivity contribution in [2.45, 2.75) is 24.1 Å². The largest absolute Gasteiger partial charge is 0.325 e. The minimum absolute atomic E-state index is 0.0533. The second-order valence-corrected chi connectivity index (χ2v) is 7.06. The molecule has 1 unspecified atom stereocenters. The van der Waals surface area contributed by atoms with Gasteiger partial charge in [0.25, 0.3) is 0 Å². The Hall–Kier alpha value is -2.59. The smallest absolute Gasteiger partial charge is 0.242 e. The van der Waals surface area contributed by atoms with Crippen LogP contribution in [0.3, 0.4) is 0 Å². The van der Waals surface area contributed by atoms with Gasteiger partial charge in [0, 0.05) is 11.9 Å². The van der Waals surface area contributed by atoms with Gasteiger partial charge in [-0.15, -0.1) is 0 Å². The number of carbonyl (C=O) groups is 1. The van der Waals surface area contributed by atoms with Crippen LogP contribution in [-0.4, -0.2) is 10.9 Å². The monoisotopic (exact) mass is 348 g/mol. The highest BCUT2D eigenvalue weighted by Crippen LogP contribution is 2.35. The number of amides is 1. The van der Waals surface area contributed by atoms with Gasteiger partial charge in [0.05, 0.1) is 5.03 Å². The highest BCUT2D eigenvalue weighted by molar-refractivity contribution is 8.00. The fourth-order valence-electron chi connectivity index (χ4n) is 2.39. The number of aromatic nitrogens is 1. The molecule has 0 radical (unpaired) electrons. The lowest BCUT2D eigenvalue weighted by molar-refractivity contribution is -0.115. The molecule has 2 aromatic carbocycles. The number of nitrogens with zero attached hydrogens (tertiary/aromatic N) is 1. The summed E-state index contributed by atoms with van der Waals surface area (Å²) in [4.78, 5) is 17.3. The second kappa shape index (κ2) is 7.99. The molecule has 0 saturated carbocycles. The van der Waals surface area contributed by atoms with Gasteiger partial charge in [-0.2, -0.15) is 0 Å². The van der Waals surface area contributed by atoms with Crippen molar-refractivity contribution in [2.75, 3.05) is 5.32 Å². The first kappa shape index (κ1) is 17.2. The van der Waals surface area contributed by atoms with E-state index in [0.717, 1.165) is 27.4 Å². The van der Waals surface area contributed by atoms with E-state index in [1.54, 1.807) is 0 Å². The van der Waals surface area contributed by atoms with Gasteiger partial charge in [0.1, 0.15) is 5.25 Å². The summed E-state index contributed by atoms with van der Waals surface area (Å²) in [6, 6.07) is 21.6. The van der Waals surface area contributed by atoms with Crippen LogP contribution in [0.25, 0.3) is 0 Å². The zero-order valence-electron chi connectivity index (χ0n) is 14.3. The van der Waals surface area contributed by atoms with E-state index in [1.165, 1.54) is 11.8 Å². The van der Waals surface area contributed by atoms with E-state index in [4.69, 9.17) is 0 Å². The Morgan fingerprint density at radius 1 is 0.920 bits per heavy atom. The van der Waals surface area contributed by atoms with Crippen LogP contribution in [0.5, 0.6) is 0 Å². The maximum Gasteiger partial charge on any atom is 0.242 e. The third-order valence-electron chi connectivity index (χ3n) is 3.78. The molecule has 0 fully saturated rings. The van der Waals surface area contributed by atoms with Crippen molar-refractivity contribution in [1.82, 2.24) is 4.98 Å². The second-order valence-electron chi connectivity index (χ2n) is 5.94. The van der Waals surface area contributed by atoms with Crippen molar-refractivity contribution < 1.29 is 4.79 Å². The van der Waals surface area contributed by atoms with Crippen molar-refractivity contribution in [3.63, 3.8) is 0 Å². The number of pyridine rings is 1. The van der Waals surface area contributed by atoms with E-state index in [9.17, 15) is 4.79 Å². The number of aryl methyl sites for hydroxylation is 2. The number of anilines is 1. The van der Waals surface area contributed by atoms with Crippen LogP contribution in [-0.2, 0) is 4.79 Å². The first-order valence-corrected chi connectivity index (χ1v) is 9.01. The predicted molar refractivity (Wildman–Crippen MR) is 104 cm³/mol. The maximum atomic E-state index is 12.9. The molecule has 1 N–H and O–H groups in total. The number of hydrogen-bond acceptors (Lipinski definition) is 3. The first-order valence-electron chi connectivity index (χ1n) is 8.13. The van der Waals surface area contributed by atoms with Crippen molar-refractivity contribution in [1.29, 1.82) is 0 Å². The number of hydrogen-bond donors (Lipinski definition) is 1. The van der Waals surface area contributed by atoms with Crippen LogP contribution in [0, 0.1) is 13.8 Å². The molecule has 126 valence electrons. The lowest BCUT2D eigenvalue weighted by Crippen LogP contribution is -2.19. The Morgan fingerprint density at radius 3 is 2.24 bits per heavy atom. The average molecular weight is 348 g/mol. The molecule has 4 heteroatoms. The lowest BCUT2D eigenvalue weighted by atomic mass is 10.1. The van der Waals surface area contributed by atoms with Crippen molar-refractivity contribution >= 4 is 23.4 Å². The van der Waals surface area contributed by atoms with E-state index in [-0.39, 0.29) is 11.2 Å². The standard InChI is InChI=1S/C21H20N2OS/c1-15-8-11-18(12-9-15)23-21(24)20(17-6-4-3-5-7-17)25-19-13-10-16(2)14-22-19/h3-14,20H,1-2H3,(H,23,24). The third kappa shape index (κ3) is 4.70. The molecule has 0 spiro atoms. The molecule has 1 atom stereocenters. The van der Waals surface area contributed by atoms with Crippen molar-refractivity contribution in [2.24, 2.45) is 0 Å². The van der Waals surface area contributed by atoms with E-state index in [1.807, 2.05) is 86.8 Å². The Balaban J connectivity index is 1.83. The Morgan fingerprint density at radius 2 is 1.60 bits per heavy atom. The molecule has 0 saturated heterocycles. The minimum Gasteiger partial charge on any atom is -0.325 e. The van der Waals surface area contributed by atoms with Gasteiger partial charge >= 0.3 is 0 Å². The summed E-state index contributed by atoms with van der Waals surface area (Å²) in [5, 5.41) is 3.48. The highest BCUT2D eigenvalue weighted by atomic mass is 32.2. The maximum absolute atomic E-state index is 12.9.